The molecule has 3 aromatic rings. The maximum absolute atomic E-state index is 14.6. The summed E-state index contributed by atoms with van der Waals surface area (Å²) in [6, 6.07) is 17.0. The van der Waals surface area contributed by atoms with Crippen molar-refractivity contribution in [2.24, 2.45) is 0 Å². The van der Waals surface area contributed by atoms with E-state index in [9.17, 15) is 9.18 Å². The molecule has 0 radical (unpaired) electrons. The number of nitrogens with one attached hydrogen (secondary N) is 1. The number of hydrogen-bond donors (Lipinski definition) is 1. The largest absolute Gasteiger partial charge is 0.494 e. The lowest BCUT2D eigenvalue weighted by Crippen LogP contribution is -2.44. The predicted molar refractivity (Wildman–Crippen MR) is 106 cm³/mol. The summed E-state index contributed by atoms with van der Waals surface area (Å²) in [7, 11) is 0. The van der Waals surface area contributed by atoms with Crippen LogP contribution in [0.25, 0.3) is 0 Å². The highest BCUT2D eigenvalue weighted by Crippen LogP contribution is 2.34. The van der Waals surface area contributed by atoms with E-state index in [1.165, 1.54) is 6.07 Å². The molecule has 0 aliphatic carbocycles. The summed E-state index contributed by atoms with van der Waals surface area (Å²) in [6.07, 6.45) is 1.96. The topological polar surface area (TPSA) is 46.5 Å². The summed E-state index contributed by atoms with van der Waals surface area (Å²) in [5.74, 6) is 0.432. The van der Waals surface area contributed by atoms with E-state index in [1.54, 1.807) is 35.2 Å². The zero-order valence-electron chi connectivity index (χ0n) is 15.6. The molecule has 0 saturated heterocycles. The SMILES string of the molecule is CCOc1ccc(NC(=O)N2CCn3cccc3[C@H]2c2ccccc2F)cc1. The number of aromatic nitrogens is 1. The summed E-state index contributed by atoms with van der Waals surface area (Å²) in [6.45, 7) is 3.67. The van der Waals surface area contributed by atoms with Gasteiger partial charge in [-0.15, -0.1) is 0 Å². The van der Waals surface area contributed by atoms with Crippen LogP contribution in [0.2, 0.25) is 0 Å². The molecular formula is C22H22FN3O2. The van der Waals surface area contributed by atoms with Gasteiger partial charge in [0.15, 0.2) is 0 Å². The maximum Gasteiger partial charge on any atom is 0.322 e. The Morgan fingerprint density at radius 3 is 2.64 bits per heavy atom. The molecule has 0 bridgehead atoms. The lowest BCUT2D eigenvalue weighted by atomic mass is 9.99. The first-order valence-corrected chi connectivity index (χ1v) is 9.37. The Kier molecular flexibility index (Phi) is 5.02. The molecule has 0 saturated carbocycles. The van der Waals surface area contributed by atoms with Gasteiger partial charge in [-0.2, -0.15) is 0 Å². The number of hydrogen-bond acceptors (Lipinski definition) is 2. The van der Waals surface area contributed by atoms with Gasteiger partial charge >= 0.3 is 6.03 Å². The number of carbonyl (C=O) groups excluding carboxylic acids is 1. The summed E-state index contributed by atoms with van der Waals surface area (Å²) in [4.78, 5) is 14.7. The molecule has 2 aromatic carbocycles. The molecule has 5 nitrogen and oxygen atoms in total. The number of nitrogens with zero attached hydrogens (tertiary/aromatic N) is 2. The number of ether oxygens (including phenoxy) is 1. The molecule has 4 rings (SSSR count). The van der Waals surface area contributed by atoms with E-state index in [1.807, 2.05) is 37.4 Å². The molecule has 28 heavy (non-hydrogen) atoms. The van der Waals surface area contributed by atoms with Crippen LogP contribution in [0.15, 0.2) is 66.9 Å². The van der Waals surface area contributed by atoms with Crippen LogP contribution in [0.4, 0.5) is 14.9 Å². The van der Waals surface area contributed by atoms with Gasteiger partial charge in [0.25, 0.3) is 0 Å². The van der Waals surface area contributed by atoms with Crippen molar-refractivity contribution >= 4 is 11.7 Å². The standard InChI is InChI=1S/C22H22FN3O2/c1-2-28-17-11-9-16(10-12-17)24-22(27)26-15-14-25-13-5-8-20(25)21(26)18-6-3-4-7-19(18)23/h3-13,21H,2,14-15H2,1H3,(H,24,27)/t21-/m1/s1. The summed E-state index contributed by atoms with van der Waals surface area (Å²) >= 11 is 0. The van der Waals surface area contributed by atoms with Crippen molar-refractivity contribution in [1.29, 1.82) is 0 Å². The summed E-state index contributed by atoms with van der Waals surface area (Å²) in [5, 5.41) is 2.92. The van der Waals surface area contributed by atoms with Gasteiger partial charge in [-0.3, -0.25) is 0 Å². The summed E-state index contributed by atoms with van der Waals surface area (Å²) < 4.78 is 22.1. The van der Waals surface area contributed by atoms with E-state index >= 15 is 0 Å². The molecule has 1 atom stereocenters. The van der Waals surface area contributed by atoms with Gasteiger partial charge in [-0.1, -0.05) is 18.2 Å². The van der Waals surface area contributed by atoms with Crippen LogP contribution in [0.5, 0.6) is 5.75 Å². The molecule has 1 aliphatic rings. The highest BCUT2D eigenvalue weighted by Gasteiger charge is 2.33. The number of amides is 2. The fourth-order valence-corrected chi connectivity index (χ4v) is 3.62. The van der Waals surface area contributed by atoms with Crippen LogP contribution in [0.1, 0.15) is 24.2 Å². The van der Waals surface area contributed by atoms with Crippen molar-refractivity contribution in [3.8, 4) is 5.75 Å². The van der Waals surface area contributed by atoms with Gasteiger partial charge < -0.3 is 19.5 Å². The van der Waals surface area contributed by atoms with Gasteiger partial charge in [0, 0.05) is 36.2 Å². The maximum atomic E-state index is 14.6. The van der Waals surface area contributed by atoms with E-state index in [2.05, 4.69) is 9.88 Å². The quantitative estimate of drug-likeness (QED) is 0.716. The van der Waals surface area contributed by atoms with Crippen LogP contribution in [0.3, 0.4) is 0 Å². The van der Waals surface area contributed by atoms with Gasteiger partial charge in [0.2, 0.25) is 0 Å². The highest BCUT2D eigenvalue weighted by atomic mass is 19.1. The molecule has 2 heterocycles. The van der Waals surface area contributed by atoms with E-state index < -0.39 is 6.04 Å². The third-order valence-corrected chi connectivity index (χ3v) is 4.92. The molecule has 1 aromatic heterocycles. The fourth-order valence-electron chi connectivity index (χ4n) is 3.62. The van der Waals surface area contributed by atoms with Crippen molar-refractivity contribution in [1.82, 2.24) is 9.47 Å². The molecule has 0 unspecified atom stereocenters. The highest BCUT2D eigenvalue weighted by molar-refractivity contribution is 5.90. The minimum absolute atomic E-state index is 0.259. The molecular weight excluding hydrogens is 357 g/mol. The fraction of sp³-hybridized carbons (Fsp3) is 0.227. The second-order valence-corrected chi connectivity index (χ2v) is 6.63. The minimum atomic E-state index is -0.479. The van der Waals surface area contributed by atoms with Crippen LogP contribution in [-0.4, -0.2) is 28.6 Å². The average molecular weight is 379 g/mol. The Labute approximate surface area is 163 Å². The smallest absolute Gasteiger partial charge is 0.322 e. The first-order chi connectivity index (χ1) is 13.7. The third-order valence-electron chi connectivity index (χ3n) is 4.92. The van der Waals surface area contributed by atoms with Crippen LogP contribution >= 0.6 is 0 Å². The van der Waals surface area contributed by atoms with Crippen molar-refractivity contribution in [3.05, 3.63) is 83.9 Å². The molecule has 6 heteroatoms. The Balaban J connectivity index is 1.62. The Morgan fingerprint density at radius 2 is 1.89 bits per heavy atom. The van der Waals surface area contributed by atoms with Crippen molar-refractivity contribution in [2.45, 2.75) is 19.5 Å². The summed E-state index contributed by atoms with van der Waals surface area (Å²) in [5.41, 5.74) is 2.06. The Hall–Kier alpha value is -3.28. The third kappa shape index (κ3) is 3.45. The van der Waals surface area contributed by atoms with E-state index in [4.69, 9.17) is 4.74 Å². The van der Waals surface area contributed by atoms with E-state index in [0.29, 0.717) is 30.9 Å². The number of fused-ring (bicyclic) bond motifs is 1. The van der Waals surface area contributed by atoms with Gasteiger partial charge in [-0.05, 0) is 49.4 Å². The number of urea groups is 1. The minimum Gasteiger partial charge on any atom is -0.494 e. The average Bonchev–Trinajstić information content (AvgIpc) is 3.18. The van der Waals surface area contributed by atoms with E-state index in [-0.39, 0.29) is 11.8 Å². The van der Waals surface area contributed by atoms with Crippen molar-refractivity contribution in [2.75, 3.05) is 18.5 Å². The molecule has 1 N–H and O–H groups in total. The zero-order chi connectivity index (χ0) is 19.5. The number of anilines is 1. The number of rotatable bonds is 4. The monoisotopic (exact) mass is 379 g/mol. The molecule has 0 spiro atoms. The van der Waals surface area contributed by atoms with Crippen LogP contribution in [-0.2, 0) is 6.54 Å². The van der Waals surface area contributed by atoms with Gasteiger partial charge in [0.05, 0.1) is 6.61 Å². The normalized spacial score (nSPS) is 15.8. The first-order valence-electron chi connectivity index (χ1n) is 9.37. The molecule has 2 amide bonds. The molecule has 144 valence electrons. The van der Waals surface area contributed by atoms with Crippen LogP contribution < -0.4 is 10.1 Å². The zero-order valence-corrected chi connectivity index (χ0v) is 15.6. The predicted octanol–water partition coefficient (Wildman–Crippen LogP) is 4.66. The van der Waals surface area contributed by atoms with Crippen molar-refractivity contribution in [3.63, 3.8) is 0 Å². The lowest BCUT2D eigenvalue weighted by Gasteiger charge is -2.37. The number of carbonyl (C=O) groups is 1. The Bertz CT molecular complexity index is 968. The molecule has 0 fully saturated rings. The lowest BCUT2D eigenvalue weighted by molar-refractivity contribution is 0.180. The van der Waals surface area contributed by atoms with Gasteiger partial charge in [-0.25, -0.2) is 9.18 Å². The first kappa shape index (κ1) is 18.1. The molecule has 1 aliphatic heterocycles. The number of halogens is 1. The van der Waals surface area contributed by atoms with Gasteiger partial charge in [0.1, 0.15) is 17.6 Å². The van der Waals surface area contributed by atoms with E-state index in [0.717, 1.165) is 11.4 Å². The van der Waals surface area contributed by atoms with Crippen molar-refractivity contribution < 1.29 is 13.9 Å². The Morgan fingerprint density at radius 1 is 1.11 bits per heavy atom. The second-order valence-electron chi connectivity index (χ2n) is 6.63. The number of benzene rings is 2. The second kappa shape index (κ2) is 7.76. The van der Waals surface area contributed by atoms with Crippen LogP contribution in [0, 0.1) is 5.82 Å².